The van der Waals surface area contributed by atoms with E-state index in [9.17, 15) is 9.59 Å². The Kier molecular flexibility index (Phi) is 7.24. The highest BCUT2D eigenvalue weighted by Gasteiger charge is 2.12. The average molecular weight is 355 g/mol. The minimum atomic E-state index is -1.04. The van der Waals surface area contributed by atoms with Crippen molar-refractivity contribution in [2.24, 2.45) is 0 Å². The number of carboxylic acids is 1. The van der Waals surface area contributed by atoms with Crippen molar-refractivity contribution in [1.29, 1.82) is 0 Å². The highest BCUT2D eigenvalue weighted by Crippen LogP contribution is 2.25. The Morgan fingerprint density at radius 1 is 1.12 bits per heavy atom. The van der Waals surface area contributed by atoms with Crippen molar-refractivity contribution in [3.05, 3.63) is 71.3 Å². The van der Waals surface area contributed by atoms with E-state index in [1.165, 1.54) is 13.2 Å². The summed E-state index contributed by atoms with van der Waals surface area (Å²) in [6, 6.07) is 14.3. The molecular formula is C20H21NO5. The van der Waals surface area contributed by atoms with Gasteiger partial charge in [0.15, 0.2) is 0 Å². The van der Waals surface area contributed by atoms with Crippen LogP contribution in [-0.2, 0) is 11.3 Å². The van der Waals surface area contributed by atoms with Crippen molar-refractivity contribution in [1.82, 2.24) is 5.32 Å². The van der Waals surface area contributed by atoms with Gasteiger partial charge >= 0.3 is 12.1 Å². The largest absolute Gasteiger partial charge is 0.495 e. The summed E-state index contributed by atoms with van der Waals surface area (Å²) in [5.41, 5.74) is 1.70. The first-order valence-electron chi connectivity index (χ1n) is 8.13. The zero-order valence-corrected chi connectivity index (χ0v) is 14.5. The first kappa shape index (κ1) is 19.1. The van der Waals surface area contributed by atoms with Crippen molar-refractivity contribution in [2.45, 2.75) is 13.0 Å². The van der Waals surface area contributed by atoms with Crippen molar-refractivity contribution >= 4 is 18.1 Å². The Bertz CT molecular complexity index is 771. The predicted molar refractivity (Wildman–Crippen MR) is 98.2 cm³/mol. The molecule has 2 aromatic carbocycles. The van der Waals surface area contributed by atoms with Crippen molar-refractivity contribution in [2.75, 3.05) is 13.7 Å². The lowest BCUT2D eigenvalue weighted by Crippen LogP contribution is -2.24. The molecular weight excluding hydrogens is 334 g/mol. The number of nitrogens with one attached hydrogen (secondary N) is 1. The van der Waals surface area contributed by atoms with Gasteiger partial charge in [0.25, 0.3) is 0 Å². The van der Waals surface area contributed by atoms with Crippen LogP contribution in [0.3, 0.4) is 0 Å². The van der Waals surface area contributed by atoms with Gasteiger partial charge < -0.3 is 19.9 Å². The molecule has 0 aliphatic carbocycles. The van der Waals surface area contributed by atoms with Crippen LogP contribution in [0.4, 0.5) is 4.79 Å². The number of carboxylic acid groups (broad SMARTS) is 1. The number of amides is 1. The van der Waals surface area contributed by atoms with Crippen LogP contribution in [0.1, 0.15) is 27.9 Å². The molecule has 2 N–H and O–H groups in total. The minimum Gasteiger partial charge on any atom is -0.495 e. The van der Waals surface area contributed by atoms with E-state index in [2.05, 4.69) is 5.32 Å². The number of benzene rings is 2. The molecule has 0 atom stereocenters. The number of hydrogen-bond donors (Lipinski definition) is 2. The predicted octanol–water partition coefficient (Wildman–Crippen LogP) is 3.72. The number of carbonyl (C=O) groups is 2. The zero-order valence-electron chi connectivity index (χ0n) is 14.5. The lowest BCUT2D eigenvalue weighted by molar-refractivity contribution is 0.0693. The highest BCUT2D eigenvalue weighted by molar-refractivity contribution is 5.92. The number of hydrogen-bond acceptors (Lipinski definition) is 4. The summed E-state index contributed by atoms with van der Waals surface area (Å²) in [4.78, 5) is 22.8. The van der Waals surface area contributed by atoms with E-state index in [0.29, 0.717) is 24.3 Å². The second kappa shape index (κ2) is 9.88. The molecule has 0 radical (unpaired) electrons. The quantitative estimate of drug-likeness (QED) is 0.705. The maximum Gasteiger partial charge on any atom is 0.407 e. The third kappa shape index (κ3) is 5.66. The first-order chi connectivity index (χ1) is 12.6. The molecule has 0 saturated heterocycles. The molecule has 0 aliphatic rings. The molecule has 0 fully saturated rings. The minimum absolute atomic E-state index is 0.109. The number of alkyl carbamates (subject to hydrolysis) is 1. The highest BCUT2D eigenvalue weighted by atomic mass is 16.5. The fourth-order valence-electron chi connectivity index (χ4n) is 2.32. The Morgan fingerprint density at radius 2 is 1.88 bits per heavy atom. The number of methoxy groups -OCH3 is 1. The Hall–Kier alpha value is -3.28. The van der Waals surface area contributed by atoms with Crippen molar-refractivity contribution in [3.63, 3.8) is 0 Å². The SMILES string of the molecule is COc1c(C=CCCNC(=O)OCc2ccccc2)cccc1C(=O)O. The van der Waals surface area contributed by atoms with Gasteiger partial charge in [0, 0.05) is 12.1 Å². The molecule has 0 unspecified atom stereocenters. The standard InChI is InChI=1S/C20H21NO5/c1-25-18-16(11-7-12-17(18)19(22)23)10-5-6-13-21-20(24)26-14-15-8-3-2-4-9-15/h2-5,7-12H,6,13-14H2,1H3,(H,21,24)(H,22,23). The van der Waals surface area contributed by atoms with Gasteiger partial charge in [-0.05, 0) is 18.1 Å². The molecule has 0 spiro atoms. The number of ether oxygens (including phenoxy) is 2. The lowest BCUT2D eigenvalue weighted by atomic mass is 10.1. The Morgan fingerprint density at radius 3 is 2.58 bits per heavy atom. The third-order valence-corrected chi connectivity index (χ3v) is 3.57. The normalized spacial score (nSPS) is 10.5. The molecule has 0 aromatic heterocycles. The maximum absolute atomic E-state index is 11.6. The number of aromatic carboxylic acids is 1. The van der Waals surface area contributed by atoms with Crippen LogP contribution in [0.5, 0.6) is 5.75 Å². The van der Waals surface area contributed by atoms with Gasteiger partial charge in [-0.25, -0.2) is 9.59 Å². The Balaban J connectivity index is 1.78. The van der Waals surface area contributed by atoms with E-state index in [4.69, 9.17) is 14.6 Å². The topological polar surface area (TPSA) is 84.9 Å². The average Bonchev–Trinajstić information content (AvgIpc) is 2.66. The van der Waals surface area contributed by atoms with Crippen molar-refractivity contribution < 1.29 is 24.2 Å². The molecule has 6 heteroatoms. The second-order valence-corrected chi connectivity index (χ2v) is 5.41. The molecule has 0 aliphatic heterocycles. The van der Waals surface area contributed by atoms with Crippen LogP contribution in [0, 0.1) is 0 Å². The molecule has 2 aromatic rings. The first-order valence-corrected chi connectivity index (χ1v) is 8.13. The summed E-state index contributed by atoms with van der Waals surface area (Å²) in [5, 5.41) is 11.8. The molecule has 6 nitrogen and oxygen atoms in total. The van der Waals surface area contributed by atoms with Crippen molar-refractivity contribution in [3.8, 4) is 5.75 Å². The molecule has 26 heavy (non-hydrogen) atoms. The summed E-state index contributed by atoms with van der Waals surface area (Å²) >= 11 is 0. The Labute approximate surface area is 152 Å². The van der Waals surface area contributed by atoms with Gasteiger partial charge in [0.2, 0.25) is 0 Å². The zero-order chi connectivity index (χ0) is 18.8. The van der Waals surface area contributed by atoms with Crippen LogP contribution in [-0.4, -0.2) is 30.8 Å². The molecule has 0 saturated carbocycles. The van der Waals surface area contributed by atoms with Crippen LogP contribution in [0.2, 0.25) is 0 Å². The van der Waals surface area contributed by atoms with E-state index in [1.54, 1.807) is 18.2 Å². The molecule has 2 rings (SSSR count). The summed E-state index contributed by atoms with van der Waals surface area (Å²) < 4.78 is 10.3. The van der Waals surface area contributed by atoms with Crippen LogP contribution < -0.4 is 10.1 Å². The van der Waals surface area contributed by atoms with Gasteiger partial charge in [-0.2, -0.15) is 0 Å². The maximum atomic E-state index is 11.6. The summed E-state index contributed by atoms with van der Waals surface area (Å²) in [6.45, 7) is 0.632. The van der Waals surface area contributed by atoms with Crippen LogP contribution >= 0.6 is 0 Å². The number of rotatable bonds is 8. The molecule has 136 valence electrons. The fourth-order valence-corrected chi connectivity index (χ4v) is 2.32. The van der Waals surface area contributed by atoms with Gasteiger partial charge in [-0.1, -0.05) is 54.6 Å². The van der Waals surface area contributed by atoms with Gasteiger partial charge in [0.1, 0.15) is 17.9 Å². The fraction of sp³-hybridized carbons (Fsp3) is 0.200. The van der Waals surface area contributed by atoms with E-state index >= 15 is 0 Å². The lowest BCUT2D eigenvalue weighted by Gasteiger charge is -2.08. The van der Waals surface area contributed by atoms with Gasteiger partial charge in [0.05, 0.1) is 7.11 Å². The monoisotopic (exact) mass is 355 g/mol. The smallest absolute Gasteiger partial charge is 0.407 e. The second-order valence-electron chi connectivity index (χ2n) is 5.41. The molecule has 1 amide bonds. The molecule has 0 bridgehead atoms. The van der Waals surface area contributed by atoms with E-state index < -0.39 is 12.1 Å². The van der Waals surface area contributed by atoms with E-state index in [1.807, 2.05) is 36.4 Å². The van der Waals surface area contributed by atoms with Gasteiger partial charge in [-0.15, -0.1) is 0 Å². The summed E-state index contributed by atoms with van der Waals surface area (Å²) in [7, 11) is 1.43. The van der Waals surface area contributed by atoms with E-state index in [0.717, 1.165) is 5.56 Å². The van der Waals surface area contributed by atoms with E-state index in [-0.39, 0.29) is 12.2 Å². The number of para-hydroxylation sites is 1. The molecule has 0 heterocycles. The third-order valence-electron chi connectivity index (χ3n) is 3.57. The summed E-state index contributed by atoms with van der Waals surface area (Å²) in [5.74, 6) is -0.730. The van der Waals surface area contributed by atoms with Crippen LogP contribution in [0.15, 0.2) is 54.6 Å². The number of carbonyl (C=O) groups excluding carboxylic acids is 1. The van der Waals surface area contributed by atoms with Crippen LogP contribution in [0.25, 0.3) is 6.08 Å². The summed E-state index contributed by atoms with van der Waals surface area (Å²) in [6.07, 6.45) is 3.69. The van der Waals surface area contributed by atoms with Gasteiger partial charge in [-0.3, -0.25) is 0 Å².